The molecule has 1 aliphatic carbocycles. The van der Waals surface area contributed by atoms with Crippen LogP contribution in [0.25, 0.3) is 44.1 Å². The van der Waals surface area contributed by atoms with E-state index < -0.39 is 0 Å². The van der Waals surface area contributed by atoms with Gasteiger partial charge >= 0.3 is 0 Å². The molecule has 2 aromatic heterocycles. The second-order valence-corrected chi connectivity index (χ2v) is 8.63. The molecular formula is C28H22N2O. The minimum absolute atomic E-state index is 0.581. The SMILES string of the molecule is Cc1cc(-c2cc(C3CCCC3)c3ccccc3n2)c2oc3ccccc3c2c1C#N. The summed E-state index contributed by atoms with van der Waals surface area (Å²) in [6, 6.07) is 23.1. The van der Waals surface area contributed by atoms with Gasteiger partial charge in [0.15, 0.2) is 0 Å². The van der Waals surface area contributed by atoms with Crippen molar-refractivity contribution in [1.29, 1.82) is 5.26 Å². The van der Waals surface area contributed by atoms with Crippen LogP contribution in [0, 0.1) is 18.3 Å². The molecule has 0 spiro atoms. The first-order valence-corrected chi connectivity index (χ1v) is 11.0. The first-order valence-electron chi connectivity index (χ1n) is 11.0. The standard InChI is InChI=1S/C28H22N2O/c1-17-14-22(28-27(23(17)16-29)20-11-5-7-13-26(20)31-28)25-15-21(18-8-2-3-9-18)19-10-4-6-12-24(19)30-25/h4-7,10-15,18H,2-3,8-9H2,1H3. The second-order valence-electron chi connectivity index (χ2n) is 8.63. The van der Waals surface area contributed by atoms with E-state index in [1.807, 2.05) is 31.2 Å². The molecule has 3 aromatic carbocycles. The highest BCUT2D eigenvalue weighted by atomic mass is 16.3. The smallest absolute Gasteiger partial charge is 0.146 e. The van der Waals surface area contributed by atoms with Gasteiger partial charge in [-0.2, -0.15) is 5.26 Å². The minimum Gasteiger partial charge on any atom is -0.455 e. The fourth-order valence-electron chi connectivity index (χ4n) is 5.28. The number of nitriles is 1. The quantitative estimate of drug-likeness (QED) is 0.305. The van der Waals surface area contributed by atoms with E-state index in [1.165, 1.54) is 36.6 Å². The van der Waals surface area contributed by atoms with E-state index in [-0.39, 0.29) is 0 Å². The molecule has 31 heavy (non-hydrogen) atoms. The summed E-state index contributed by atoms with van der Waals surface area (Å²) >= 11 is 0. The molecule has 3 heteroatoms. The molecule has 0 atom stereocenters. The van der Waals surface area contributed by atoms with Gasteiger partial charge < -0.3 is 4.42 Å². The second kappa shape index (κ2) is 6.96. The van der Waals surface area contributed by atoms with Crippen LogP contribution >= 0.6 is 0 Å². The van der Waals surface area contributed by atoms with E-state index >= 15 is 0 Å². The van der Waals surface area contributed by atoms with Crippen LogP contribution in [0.4, 0.5) is 0 Å². The lowest BCUT2D eigenvalue weighted by molar-refractivity contribution is 0.669. The van der Waals surface area contributed by atoms with E-state index in [0.29, 0.717) is 11.5 Å². The molecular weight excluding hydrogens is 380 g/mol. The molecule has 0 unspecified atom stereocenters. The summed E-state index contributed by atoms with van der Waals surface area (Å²) in [7, 11) is 0. The maximum Gasteiger partial charge on any atom is 0.146 e. The zero-order valence-electron chi connectivity index (χ0n) is 17.5. The lowest BCUT2D eigenvalue weighted by Crippen LogP contribution is -1.98. The Balaban J connectivity index is 1.70. The first-order chi connectivity index (χ1) is 15.2. The maximum absolute atomic E-state index is 9.88. The Morgan fingerprint density at radius 3 is 2.52 bits per heavy atom. The molecule has 5 aromatic rings. The van der Waals surface area contributed by atoms with Crippen LogP contribution in [0.5, 0.6) is 0 Å². The first kappa shape index (κ1) is 18.2. The van der Waals surface area contributed by atoms with Crippen molar-refractivity contribution >= 4 is 32.8 Å². The Labute approximate surface area is 180 Å². The molecule has 6 rings (SSSR count). The highest BCUT2D eigenvalue weighted by Crippen LogP contribution is 2.42. The van der Waals surface area contributed by atoms with Crippen molar-refractivity contribution in [3.05, 3.63) is 77.4 Å². The summed E-state index contributed by atoms with van der Waals surface area (Å²) in [4.78, 5) is 5.05. The molecule has 3 nitrogen and oxygen atoms in total. The predicted molar refractivity (Wildman–Crippen MR) is 125 cm³/mol. The van der Waals surface area contributed by atoms with Gasteiger partial charge in [-0.05, 0) is 61.1 Å². The van der Waals surface area contributed by atoms with Gasteiger partial charge in [-0.25, -0.2) is 4.98 Å². The average Bonchev–Trinajstić information content (AvgIpc) is 3.46. The number of hydrogen-bond acceptors (Lipinski definition) is 3. The van der Waals surface area contributed by atoms with Crippen molar-refractivity contribution in [2.45, 2.75) is 38.5 Å². The van der Waals surface area contributed by atoms with Crippen molar-refractivity contribution in [2.75, 3.05) is 0 Å². The molecule has 0 N–H and O–H groups in total. The summed E-state index contributed by atoms with van der Waals surface area (Å²) < 4.78 is 6.32. The summed E-state index contributed by atoms with van der Waals surface area (Å²) in [5, 5.41) is 13.0. The van der Waals surface area contributed by atoms with Gasteiger partial charge in [-0.1, -0.05) is 49.2 Å². The highest BCUT2D eigenvalue weighted by Gasteiger charge is 2.23. The number of rotatable bonds is 2. The Bertz CT molecular complexity index is 1510. The van der Waals surface area contributed by atoms with Gasteiger partial charge in [0, 0.05) is 21.7 Å². The van der Waals surface area contributed by atoms with Crippen molar-refractivity contribution < 1.29 is 4.42 Å². The minimum atomic E-state index is 0.581. The molecule has 1 fully saturated rings. The molecule has 0 aliphatic heterocycles. The van der Waals surface area contributed by atoms with Gasteiger partial charge in [-0.15, -0.1) is 0 Å². The van der Waals surface area contributed by atoms with Gasteiger partial charge in [0.05, 0.1) is 16.8 Å². The van der Waals surface area contributed by atoms with Gasteiger partial charge in [-0.3, -0.25) is 0 Å². The fraction of sp³-hybridized carbons (Fsp3) is 0.214. The predicted octanol–water partition coefficient (Wildman–Crippen LogP) is 7.64. The summed E-state index contributed by atoms with van der Waals surface area (Å²) in [6.45, 7) is 2.00. The largest absolute Gasteiger partial charge is 0.455 e. The molecule has 1 saturated carbocycles. The number of pyridine rings is 1. The number of fused-ring (bicyclic) bond motifs is 4. The highest BCUT2D eigenvalue weighted by molar-refractivity contribution is 6.12. The van der Waals surface area contributed by atoms with Crippen molar-refractivity contribution in [3.63, 3.8) is 0 Å². The average molecular weight is 402 g/mol. The maximum atomic E-state index is 9.88. The van der Waals surface area contributed by atoms with E-state index in [4.69, 9.17) is 9.40 Å². The van der Waals surface area contributed by atoms with Crippen molar-refractivity contribution in [3.8, 4) is 17.3 Å². The van der Waals surface area contributed by atoms with E-state index in [0.717, 1.165) is 44.3 Å². The lowest BCUT2D eigenvalue weighted by Gasteiger charge is -2.15. The molecule has 0 saturated heterocycles. The number of benzene rings is 3. The third-order valence-electron chi connectivity index (χ3n) is 6.78. The molecule has 2 heterocycles. The molecule has 1 aliphatic rings. The number of furan rings is 1. The summed E-state index contributed by atoms with van der Waals surface area (Å²) in [5.41, 5.74) is 7.50. The summed E-state index contributed by atoms with van der Waals surface area (Å²) in [6.07, 6.45) is 5.06. The molecule has 0 amide bonds. The Hall–Kier alpha value is -3.64. The van der Waals surface area contributed by atoms with Crippen LogP contribution in [-0.4, -0.2) is 4.98 Å². The topological polar surface area (TPSA) is 49.8 Å². The number of para-hydroxylation sites is 2. The Morgan fingerprint density at radius 1 is 0.968 bits per heavy atom. The van der Waals surface area contributed by atoms with Crippen LogP contribution in [0.1, 0.15) is 48.3 Å². The monoisotopic (exact) mass is 402 g/mol. The molecule has 0 radical (unpaired) electrons. The third-order valence-corrected chi connectivity index (χ3v) is 6.78. The molecule has 0 bridgehead atoms. The zero-order chi connectivity index (χ0) is 20.9. The number of aryl methyl sites for hydroxylation is 1. The fourth-order valence-corrected chi connectivity index (χ4v) is 5.28. The number of nitrogens with zero attached hydrogens (tertiary/aromatic N) is 2. The van der Waals surface area contributed by atoms with Crippen molar-refractivity contribution in [1.82, 2.24) is 4.98 Å². The third kappa shape index (κ3) is 2.75. The van der Waals surface area contributed by atoms with E-state index in [1.54, 1.807) is 0 Å². The number of aromatic nitrogens is 1. The number of hydrogen-bond donors (Lipinski definition) is 0. The summed E-state index contributed by atoms with van der Waals surface area (Å²) in [5.74, 6) is 0.581. The van der Waals surface area contributed by atoms with Gasteiger partial charge in [0.2, 0.25) is 0 Å². The van der Waals surface area contributed by atoms with Crippen molar-refractivity contribution in [2.24, 2.45) is 0 Å². The lowest BCUT2D eigenvalue weighted by atomic mass is 9.91. The Morgan fingerprint density at radius 2 is 1.71 bits per heavy atom. The van der Waals surface area contributed by atoms with E-state index in [9.17, 15) is 5.26 Å². The zero-order valence-corrected chi connectivity index (χ0v) is 17.5. The van der Waals surface area contributed by atoms with Crippen LogP contribution in [0.3, 0.4) is 0 Å². The van der Waals surface area contributed by atoms with Gasteiger partial charge in [0.25, 0.3) is 0 Å². The van der Waals surface area contributed by atoms with Crippen LogP contribution < -0.4 is 0 Å². The van der Waals surface area contributed by atoms with Gasteiger partial charge in [0.1, 0.15) is 17.2 Å². The molecule has 150 valence electrons. The van der Waals surface area contributed by atoms with Crippen LogP contribution in [-0.2, 0) is 0 Å². The normalized spacial score (nSPS) is 14.6. The van der Waals surface area contributed by atoms with Crippen LogP contribution in [0.2, 0.25) is 0 Å². The van der Waals surface area contributed by atoms with E-state index in [2.05, 4.69) is 42.5 Å². The van der Waals surface area contributed by atoms with Crippen LogP contribution in [0.15, 0.2) is 65.1 Å². The Kier molecular flexibility index (Phi) is 4.07.